The van der Waals surface area contributed by atoms with E-state index in [2.05, 4.69) is 56.5 Å². The van der Waals surface area contributed by atoms with Crippen molar-refractivity contribution in [2.24, 2.45) is 11.3 Å². The predicted molar refractivity (Wildman–Crippen MR) is 171 cm³/mol. The highest BCUT2D eigenvalue weighted by Gasteiger charge is 2.44. The molecule has 0 aliphatic rings. The van der Waals surface area contributed by atoms with Gasteiger partial charge in [-0.2, -0.15) is 11.8 Å². The van der Waals surface area contributed by atoms with Gasteiger partial charge in [0.25, 0.3) is 0 Å². The van der Waals surface area contributed by atoms with Gasteiger partial charge >= 0.3 is 5.97 Å². The van der Waals surface area contributed by atoms with Crippen molar-refractivity contribution in [2.45, 2.75) is 135 Å². The minimum absolute atomic E-state index is 0.00104. The number of nitrogens with one attached hydrogen (secondary N) is 3. The molecule has 6 atom stereocenters. The summed E-state index contributed by atoms with van der Waals surface area (Å²) in [5.74, 6) is -1.84. The second-order valence-electron chi connectivity index (χ2n) is 12.5. The number of rotatable bonds is 23. The number of aliphatic carboxylic acids is 1. The second-order valence-corrected chi connectivity index (χ2v) is 13.6. The van der Waals surface area contributed by atoms with Gasteiger partial charge in [0.15, 0.2) is 11.9 Å². The number of hydrogen-bond donors (Lipinski definition) is 7. The van der Waals surface area contributed by atoms with Crippen molar-refractivity contribution in [3.63, 3.8) is 0 Å². The zero-order chi connectivity index (χ0) is 32.9. The first-order chi connectivity index (χ1) is 19.4. The number of carboxylic acid groups (broad SMARTS) is 1. The van der Waals surface area contributed by atoms with Crippen LogP contribution in [0.3, 0.4) is 0 Å². The van der Waals surface area contributed by atoms with Gasteiger partial charge in [0.05, 0.1) is 11.6 Å². The fraction of sp³-hybridized carbons (Fsp3) is 0.839. The Hall–Kier alpha value is -1.50. The smallest absolute Gasteiger partial charge is 0.335 e. The number of carbonyl (C=O) groups is 3. The molecule has 0 bridgehead atoms. The lowest BCUT2D eigenvalue weighted by molar-refractivity contribution is -0.157. The zero-order valence-corrected chi connectivity index (χ0v) is 28.1. The van der Waals surface area contributed by atoms with E-state index in [1.807, 2.05) is 19.9 Å². The van der Waals surface area contributed by atoms with Gasteiger partial charge in [0, 0.05) is 22.7 Å². The summed E-state index contributed by atoms with van der Waals surface area (Å²) < 4.78 is 0. The van der Waals surface area contributed by atoms with Crippen LogP contribution in [0.2, 0.25) is 0 Å². The maximum atomic E-state index is 14.4. The van der Waals surface area contributed by atoms with E-state index in [1.54, 1.807) is 25.6 Å². The number of thioether (sulfide) groups is 1. The van der Waals surface area contributed by atoms with Gasteiger partial charge in [0.2, 0.25) is 5.91 Å². The second kappa shape index (κ2) is 18.3. The van der Waals surface area contributed by atoms with Crippen LogP contribution in [-0.4, -0.2) is 98.1 Å². The summed E-state index contributed by atoms with van der Waals surface area (Å²) in [6, 6.07) is -0.658. The minimum Gasteiger partial charge on any atom is -0.479 e. The van der Waals surface area contributed by atoms with Crippen molar-refractivity contribution in [1.29, 1.82) is 0 Å². The molecule has 6 unspecified atom stereocenters. The molecule has 0 radical (unpaired) electrons. The summed E-state index contributed by atoms with van der Waals surface area (Å²) in [7, 11) is 0. The van der Waals surface area contributed by atoms with Crippen molar-refractivity contribution in [3.05, 3.63) is 12.7 Å². The number of hydrogen-bond acceptors (Lipinski definition) is 9. The molecule has 1 amide bonds. The van der Waals surface area contributed by atoms with Crippen molar-refractivity contribution in [3.8, 4) is 0 Å². The van der Waals surface area contributed by atoms with Crippen molar-refractivity contribution in [1.82, 2.24) is 16.0 Å². The number of carbonyl (C=O) groups excluding carboxylic acids is 2. The van der Waals surface area contributed by atoms with E-state index in [1.165, 1.54) is 0 Å². The maximum Gasteiger partial charge on any atom is 0.335 e. The summed E-state index contributed by atoms with van der Waals surface area (Å²) in [4.78, 5) is 38.6. The molecule has 0 fully saturated rings. The van der Waals surface area contributed by atoms with E-state index < -0.39 is 53.7 Å². The standard InChI is InChI=1S/C31H59N3O7S/c1-11-21(42-10)16-20(6)18-33-31(14-4,15-5)26(38)22(34-30(9,12-2)13-3)17-29(7,8)28(41)32-19-23(35)24(36)25(37)27(39)40/h11,20-25,33-37H,1,12-19H2,2-10H3,(H,32,41)(H,39,40). The highest BCUT2D eigenvalue weighted by atomic mass is 32.2. The van der Waals surface area contributed by atoms with Crippen molar-refractivity contribution >= 4 is 29.4 Å². The van der Waals surface area contributed by atoms with Gasteiger partial charge in [-0.1, -0.05) is 54.5 Å². The van der Waals surface area contributed by atoms with Gasteiger partial charge in [-0.3, -0.25) is 9.59 Å². The predicted octanol–water partition coefficient (Wildman–Crippen LogP) is 2.88. The SMILES string of the molecule is C=CC(CC(C)CNC(CC)(CC)C(=O)C(CC(C)(C)C(=O)NCC(O)C(O)C(O)C(=O)O)NC(C)(CC)CC)SC. The molecule has 10 nitrogen and oxygen atoms in total. The molecule has 11 heteroatoms. The highest BCUT2D eigenvalue weighted by molar-refractivity contribution is 7.99. The quantitative estimate of drug-likeness (QED) is 0.0847. The van der Waals surface area contributed by atoms with Crippen LogP contribution in [0.4, 0.5) is 0 Å². The number of amides is 1. The van der Waals surface area contributed by atoms with E-state index in [0.717, 1.165) is 19.3 Å². The van der Waals surface area contributed by atoms with Crippen molar-refractivity contribution < 1.29 is 34.8 Å². The Balaban J connectivity index is 6.03. The van der Waals surface area contributed by atoms with E-state index in [4.69, 9.17) is 5.11 Å². The molecular weight excluding hydrogens is 558 g/mol. The Kier molecular flexibility index (Phi) is 17.7. The Bertz CT molecular complexity index is 861. The summed E-state index contributed by atoms with van der Waals surface area (Å²) in [6.07, 6.45) is 2.00. The molecule has 0 aromatic carbocycles. The Morgan fingerprint density at radius 3 is 1.93 bits per heavy atom. The van der Waals surface area contributed by atoms with Crippen LogP contribution in [0.25, 0.3) is 0 Å². The third-order valence-corrected chi connectivity index (χ3v) is 9.83. The minimum atomic E-state index is -2.19. The first-order valence-electron chi connectivity index (χ1n) is 15.2. The lowest BCUT2D eigenvalue weighted by Gasteiger charge is -2.42. The molecule has 0 aromatic rings. The van der Waals surface area contributed by atoms with Crippen LogP contribution in [0.5, 0.6) is 0 Å². The normalized spacial score (nSPS) is 17.0. The van der Waals surface area contributed by atoms with Gasteiger partial charge < -0.3 is 36.4 Å². The number of aliphatic hydroxyl groups is 3. The molecule has 0 saturated heterocycles. The lowest BCUT2D eigenvalue weighted by Crippen LogP contribution is -2.63. The first-order valence-corrected chi connectivity index (χ1v) is 16.5. The van der Waals surface area contributed by atoms with Crippen LogP contribution < -0.4 is 16.0 Å². The topological polar surface area (TPSA) is 168 Å². The fourth-order valence-corrected chi connectivity index (χ4v) is 5.72. The van der Waals surface area contributed by atoms with Crippen LogP contribution in [-0.2, 0) is 14.4 Å². The van der Waals surface area contributed by atoms with E-state index >= 15 is 0 Å². The Morgan fingerprint density at radius 2 is 1.50 bits per heavy atom. The molecule has 42 heavy (non-hydrogen) atoms. The Morgan fingerprint density at radius 1 is 0.952 bits per heavy atom. The van der Waals surface area contributed by atoms with E-state index in [-0.39, 0.29) is 17.7 Å². The Labute approximate surface area is 257 Å². The monoisotopic (exact) mass is 617 g/mol. The molecule has 7 N–H and O–H groups in total. The molecule has 0 spiro atoms. The molecule has 0 saturated carbocycles. The molecule has 0 heterocycles. The van der Waals surface area contributed by atoms with Crippen LogP contribution in [0, 0.1) is 11.3 Å². The maximum absolute atomic E-state index is 14.4. The number of aliphatic hydroxyl groups excluding tert-OH is 3. The van der Waals surface area contributed by atoms with Crippen molar-refractivity contribution in [2.75, 3.05) is 19.3 Å². The molecular formula is C31H59N3O7S. The van der Waals surface area contributed by atoms with Crippen LogP contribution >= 0.6 is 11.8 Å². The average molecular weight is 618 g/mol. The van der Waals surface area contributed by atoms with Gasteiger partial charge in [0.1, 0.15) is 12.2 Å². The number of carboxylic acids is 1. The van der Waals surface area contributed by atoms with E-state index in [9.17, 15) is 29.7 Å². The molecule has 0 aliphatic carbocycles. The van der Waals surface area contributed by atoms with E-state index in [0.29, 0.717) is 30.6 Å². The molecule has 246 valence electrons. The first kappa shape index (κ1) is 40.5. The highest BCUT2D eigenvalue weighted by Crippen LogP contribution is 2.30. The van der Waals surface area contributed by atoms with Crippen LogP contribution in [0.15, 0.2) is 12.7 Å². The average Bonchev–Trinajstić information content (AvgIpc) is 2.97. The van der Waals surface area contributed by atoms with Gasteiger partial charge in [-0.25, -0.2) is 4.79 Å². The summed E-state index contributed by atoms with van der Waals surface area (Å²) in [5, 5.41) is 48.5. The number of ketones is 1. The third-order valence-electron chi connectivity index (χ3n) is 8.84. The van der Waals surface area contributed by atoms with Crippen LogP contribution in [0.1, 0.15) is 93.9 Å². The fourth-order valence-electron chi connectivity index (χ4n) is 5.01. The number of Topliss-reactive ketones (excluding diaryl/α,β-unsaturated/α-hetero) is 1. The largest absolute Gasteiger partial charge is 0.479 e. The van der Waals surface area contributed by atoms with Gasteiger partial charge in [-0.05, 0) is 64.2 Å². The molecule has 0 aliphatic heterocycles. The molecule has 0 rings (SSSR count). The summed E-state index contributed by atoms with van der Waals surface area (Å²) in [5.41, 5.74) is -2.20. The summed E-state index contributed by atoms with van der Waals surface area (Å²) in [6.45, 7) is 19.9. The van der Waals surface area contributed by atoms with Gasteiger partial charge in [-0.15, -0.1) is 6.58 Å². The lowest BCUT2D eigenvalue weighted by atomic mass is 9.76. The summed E-state index contributed by atoms with van der Waals surface area (Å²) >= 11 is 1.76. The third kappa shape index (κ3) is 11.9. The zero-order valence-electron chi connectivity index (χ0n) is 27.3. The molecule has 0 aromatic heterocycles.